The van der Waals surface area contributed by atoms with Crippen LogP contribution in [0.15, 0.2) is 60.7 Å². The third-order valence-corrected chi connectivity index (χ3v) is 1.11. The molecule has 2 heteroatoms. The van der Waals surface area contributed by atoms with Gasteiger partial charge in [-0.3, -0.25) is 0 Å². The molecule has 2 rings (SSSR count). The first-order chi connectivity index (χ1) is 5.00. The Morgan fingerprint density at radius 3 is 1.17 bits per heavy atom. The minimum atomic E-state index is 0. The second-order valence-electron chi connectivity index (χ2n) is 1.92. The van der Waals surface area contributed by atoms with Gasteiger partial charge in [0.05, 0.1) is 0 Å². The van der Waals surface area contributed by atoms with Gasteiger partial charge >= 0.3 is 0 Å². The molecule has 2 aromatic rings. The van der Waals surface area contributed by atoms with Gasteiger partial charge < -0.3 is 30.3 Å². The summed E-state index contributed by atoms with van der Waals surface area (Å²) in [7, 11) is 0. The Bertz CT molecular complexity index is 149. The maximum Gasteiger partial charge on any atom is 0 e. The Morgan fingerprint density at radius 1 is 0.667 bits per heavy atom. The van der Waals surface area contributed by atoms with E-state index in [1.165, 1.54) is 0 Å². The van der Waals surface area contributed by atoms with Crippen LogP contribution >= 0.6 is 0 Å². The zero-order chi connectivity index (χ0) is 7.07. The first kappa shape index (κ1) is 14.4. The summed E-state index contributed by atoms with van der Waals surface area (Å²) in [6.45, 7) is 0. The molecule has 0 aliphatic rings. The zero-order valence-corrected chi connectivity index (χ0v) is 9.32. The third-order valence-electron chi connectivity index (χ3n) is 1.11. The second kappa shape index (κ2) is 10.8. The van der Waals surface area contributed by atoms with E-state index < -0.39 is 0 Å². The fourth-order valence-electron chi connectivity index (χ4n) is 0.642. The van der Waals surface area contributed by atoms with E-state index in [-0.39, 0.29) is 36.5 Å². The van der Waals surface area contributed by atoms with Crippen LogP contribution in [0, 0.1) is 0 Å². The van der Waals surface area contributed by atoms with Gasteiger partial charge in [0.15, 0.2) is 0 Å². The summed E-state index contributed by atoms with van der Waals surface area (Å²) in [6.07, 6.45) is 0. The summed E-state index contributed by atoms with van der Waals surface area (Å²) >= 11 is 0. The molecular formula is C10H10FeRu-6. The van der Waals surface area contributed by atoms with Gasteiger partial charge in [-0.15, -0.1) is 0 Å². The third kappa shape index (κ3) is 7.94. The Morgan fingerprint density at radius 2 is 1.00 bits per heavy atom. The van der Waals surface area contributed by atoms with Crippen molar-refractivity contribution < 1.29 is 36.5 Å². The van der Waals surface area contributed by atoms with Crippen molar-refractivity contribution in [3.05, 3.63) is 60.7 Å². The SMILES string of the molecule is [Fe].[Ru].[cH-]1[cH-][cH-][cH-][cH-]1.c1cc[cH-]c1. The number of hydrogen-bond acceptors (Lipinski definition) is 0. The maximum atomic E-state index is 2.00. The summed E-state index contributed by atoms with van der Waals surface area (Å²) in [5, 5.41) is 0. The first-order valence-electron chi connectivity index (χ1n) is 3.33. The summed E-state index contributed by atoms with van der Waals surface area (Å²) in [5.41, 5.74) is 0. The van der Waals surface area contributed by atoms with Gasteiger partial charge in [-0.1, -0.05) is 0 Å². The molecule has 12 heavy (non-hydrogen) atoms. The molecule has 0 spiro atoms. The zero-order valence-electron chi connectivity index (χ0n) is 6.48. The molecular weight excluding hydrogens is 277 g/mol. The number of hydrogen-bond donors (Lipinski definition) is 0. The molecule has 72 valence electrons. The van der Waals surface area contributed by atoms with Gasteiger partial charge in [-0.25, -0.2) is 12.1 Å². The smallest absolute Gasteiger partial charge is 0 e. The predicted molar refractivity (Wildman–Crippen MR) is 44.1 cm³/mol. The average molecular weight is 287 g/mol. The molecule has 2 aromatic carbocycles. The molecule has 0 saturated carbocycles. The van der Waals surface area contributed by atoms with Gasteiger partial charge in [-0.2, -0.15) is 18.2 Å². The fraction of sp³-hybridized carbons (Fsp3) is 0. The van der Waals surface area contributed by atoms with Crippen LogP contribution in [0.4, 0.5) is 0 Å². The van der Waals surface area contributed by atoms with Crippen LogP contribution in [-0.2, 0) is 36.5 Å². The predicted octanol–water partition coefficient (Wildman–Crippen LogP) is 2.81. The molecule has 0 heterocycles. The van der Waals surface area contributed by atoms with Gasteiger partial charge in [0.2, 0.25) is 0 Å². The minimum absolute atomic E-state index is 0. The summed E-state index contributed by atoms with van der Waals surface area (Å²) in [5.74, 6) is 0. The van der Waals surface area contributed by atoms with E-state index in [0.717, 1.165) is 0 Å². The molecule has 0 unspecified atom stereocenters. The van der Waals surface area contributed by atoms with E-state index in [2.05, 4.69) is 0 Å². The molecule has 0 fully saturated rings. The van der Waals surface area contributed by atoms with Crippen LogP contribution in [-0.4, -0.2) is 0 Å². The molecule has 0 radical (unpaired) electrons. The van der Waals surface area contributed by atoms with Crippen molar-refractivity contribution in [3.8, 4) is 0 Å². The number of rotatable bonds is 0. The summed E-state index contributed by atoms with van der Waals surface area (Å²) in [6, 6.07) is 20.0. The molecule has 0 amide bonds. The van der Waals surface area contributed by atoms with Gasteiger partial charge in [0, 0.05) is 36.5 Å². The minimum Gasteiger partial charge on any atom is -0.748 e. The Kier molecular flexibility index (Phi) is 13.0. The summed E-state index contributed by atoms with van der Waals surface area (Å²) < 4.78 is 0. The quantitative estimate of drug-likeness (QED) is 0.516. The first-order valence-corrected chi connectivity index (χ1v) is 3.33. The van der Waals surface area contributed by atoms with E-state index in [4.69, 9.17) is 0 Å². The van der Waals surface area contributed by atoms with Crippen molar-refractivity contribution in [2.75, 3.05) is 0 Å². The van der Waals surface area contributed by atoms with Gasteiger partial charge in [0.1, 0.15) is 0 Å². The standard InChI is InChI=1S/2C5H5.Fe.Ru/c2*1-2-4-5-3-1;;/h2*1-5H;;/q-5;-1;;. The van der Waals surface area contributed by atoms with E-state index in [1.807, 2.05) is 60.7 Å². The molecule has 0 atom stereocenters. The van der Waals surface area contributed by atoms with Crippen LogP contribution in [0.3, 0.4) is 0 Å². The van der Waals surface area contributed by atoms with Crippen molar-refractivity contribution in [2.45, 2.75) is 0 Å². The summed E-state index contributed by atoms with van der Waals surface area (Å²) in [4.78, 5) is 0. The van der Waals surface area contributed by atoms with Crippen molar-refractivity contribution >= 4 is 0 Å². The average Bonchev–Trinajstić information content (AvgIpc) is 2.67. The van der Waals surface area contributed by atoms with E-state index in [1.54, 1.807) is 0 Å². The van der Waals surface area contributed by atoms with Crippen molar-refractivity contribution in [2.24, 2.45) is 0 Å². The molecule has 0 nitrogen and oxygen atoms in total. The van der Waals surface area contributed by atoms with E-state index in [0.29, 0.717) is 0 Å². The molecule has 0 N–H and O–H groups in total. The monoisotopic (exact) mass is 288 g/mol. The van der Waals surface area contributed by atoms with Crippen LogP contribution in [0.5, 0.6) is 0 Å². The molecule has 0 aliphatic carbocycles. The van der Waals surface area contributed by atoms with Crippen molar-refractivity contribution in [1.29, 1.82) is 0 Å². The second-order valence-corrected chi connectivity index (χ2v) is 1.92. The molecule has 0 bridgehead atoms. The largest absolute Gasteiger partial charge is 0.748 e. The topological polar surface area (TPSA) is 0 Å². The molecule has 0 aromatic heterocycles. The van der Waals surface area contributed by atoms with Gasteiger partial charge in [-0.05, 0) is 0 Å². The van der Waals surface area contributed by atoms with E-state index in [9.17, 15) is 0 Å². The Balaban J connectivity index is 0. The Labute approximate surface area is 97.0 Å². The van der Waals surface area contributed by atoms with Crippen LogP contribution in [0.2, 0.25) is 0 Å². The van der Waals surface area contributed by atoms with Crippen LogP contribution in [0.1, 0.15) is 0 Å². The molecule has 0 saturated heterocycles. The normalized spacial score (nSPS) is 6.67. The Hall–Kier alpha value is -0.157. The van der Waals surface area contributed by atoms with Gasteiger partial charge in [0.25, 0.3) is 0 Å². The van der Waals surface area contributed by atoms with Crippen LogP contribution < -0.4 is 0 Å². The fourth-order valence-corrected chi connectivity index (χ4v) is 0.642. The van der Waals surface area contributed by atoms with Crippen molar-refractivity contribution in [3.63, 3.8) is 0 Å². The van der Waals surface area contributed by atoms with E-state index >= 15 is 0 Å². The van der Waals surface area contributed by atoms with Crippen LogP contribution in [0.25, 0.3) is 0 Å². The molecule has 0 aliphatic heterocycles. The van der Waals surface area contributed by atoms with Crippen molar-refractivity contribution in [1.82, 2.24) is 0 Å². The maximum absolute atomic E-state index is 2.00.